The van der Waals surface area contributed by atoms with Crippen LogP contribution in [0.4, 0.5) is 5.69 Å². The van der Waals surface area contributed by atoms with Gasteiger partial charge in [0.1, 0.15) is 5.75 Å². The molecule has 0 unspecified atom stereocenters. The number of hydrogen-bond acceptors (Lipinski definition) is 4. The number of nitrogens with zero attached hydrogens (tertiary/aromatic N) is 1. The van der Waals surface area contributed by atoms with Crippen LogP contribution in [0.3, 0.4) is 0 Å². The first-order chi connectivity index (χ1) is 12.8. The molecule has 7 heteroatoms. The van der Waals surface area contributed by atoms with E-state index in [0.29, 0.717) is 11.4 Å². The molecule has 0 fully saturated rings. The Kier molecular flexibility index (Phi) is 6.98. The molecule has 0 bridgehead atoms. The molecule has 0 aliphatic rings. The van der Waals surface area contributed by atoms with Crippen LogP contribution in [0.15, 0.2) is 47.4 Å². The average molecular weight is 391 g/mol. The van der Waals surface area contributed by atoms with E-state index in [-0.39, 0.29) is 23.9 Å². The number of anilines is 1. The summed E-state index contributed by atoms with van der Waals surface area (Å²) in [6.45, 7) is 5.66. The lowest BCUT2D eigenvalue weighted by atomic mass is 10.2. The molecule has 0 atom stereocenters. The quantitative estimate of drug-likeness (QED) is 0.752. The predicted molar refractivity (Wildman–Crippen MR) is 107 cm³/mol. The molecular formula is C20H26N2O4S. The molecule has 0 aromatic heterocycles. The van der Waals surface area contributed by atoms with Crippen LogP contribution in [0.1, 0.15) is 25.0 Å². The number of aryl methyl sites for hydroxylation is 2. The summed E-state index contributed by atoms with van der Waals surface area (Å²) in [4.78, 5) is 13.8. The zero-order valence-electron chi connectivity index (χ0n) is 16.2. The molecule has 2 aromatic rings. The number of carbonyl (C=O) groups is 1. The molecule has 0 heterocycles. The molecule has 2 rings (SSSR count). The van der Waals surface area contributed by atoms with E-state index >= 15 is 0 Å². The second-order valence-electron chi connectivity index (χ2n) is 6.24. The highest BCUT2D eigenvalue weighted by Crippen LogP contribution is 2.29. The summed E-state index contributed by atoms with van der Waals surface area (Å²) >= 11 is 0. The van der Waals surface area contributed by atoms with Crippen molar-refractivity contribution in [2.45, 2.75) is 32.1 Å². The third kappa shape index (κ3) is 5.30. The number of ether oxygens (including phenoxy) is 1. The fourth-order valence-corrected chi connectivity index (χ4v) is 3.76. The lowest BCUT2D eigenvalue weighted by molar-refractivity contribution is -0.116. The van der Waals surface area contributed by atoms with E-state index in [1.165, 1.54) is 18.9 Å². The third-order valence-electron chi connectivity index (χ3n) is 4.27. The van der Waals surface area contributed by atoms with Crippen LogP contribution in [0.5, 0.6) is 5.75 Å². The predicted octanol–water partition coefficient (Wildman–Crippen LogP) is 2.90. The van der Waals surface area contributed by atoms with Gasteiger partial charge >= 0.3 is 0 Å². The number of benzene rings is 2. The number of carbonyl (C=O) groups excluding carboxylic acids is 1. The van der Waals surface area contributed by atoms with Gasteiger partial charge in [0.25, 0.3) is 0 Å². The van der Waals surface area contributed by atoms with Crippen molar-refractivity contribution >= 4 is 21.6 Å². The first-order valence-corrected chi connectivity index (χ1v) is 10.3. The first-order valence-electron chi connectivity index (χ1n) is 8.80. The van der Waals surface area contributed by atoms with Crippen LogP contribution in [0.25, 0.3) is 0 Å². The second-order valence-corrected chi connectivity index (χ2v) is 8.01. The number of sulfonamides is 1. The maximum absolute atomic E-state index is 12.5. The van der Waals surface area contributed by atoms with Gasteiger partial charge < -0.3 is 9.64 Å². The summed E-state index contributed by atoms with van der Waals surface area (Å²) in [5.41, 5.74) is 2.67. The minimum absolute atomic E-state index is 0.0918. The van der Waals surface area contributed by atoms with Crippen molar-refractivity contribution < 1.29 is 17.9 Å². The molecule has 2 aromatic carbocycles. The molecule has 0 spiro atoms. The Labute approximate surface area is 161 Å². The number of amides is 1. The summed E-state index contributed by atoms with van der Waals surface area (Å²) in [6, 6.07) is 12.3. The number of methoxy groups -OCH3 is 1. The van der Waals surface area contributed by atoms with Crippen molar-refractivity contribution in [2.24, 2.45) is 0 Å². The van der Waals surface area contributed by atoms with E-state index in [1.54, 1.807) is 30.3 Å². The number of hydrogen-bond donors (Lipinski definition) is 1. The van der Waals surface area contributed by atoms with Crippen molar-refractivity contribution in [1.29, 1.82) is 0 Å². The molecule has 1 N–H and O–H groups in total. The van der Waals surface area contributed by atoms with E-state index in [1.807, 2.05) is 26.0 Å². The van der Waals surface area contributed by atoms with Crippen molar-refractivity contribution in [3.8, 4) is 5.75 Å². The van der Waals surface area contributed by atoms with Gasteiger partial charge in [-0.15, -0.1) is 0 Å². The normalized spacial score (nSPS) is 11.3. The first kappa shape index (κ1) is 20.9. The topological polar surface area (TPSA) is 75.7 Å². The highest BCUT2D eigenvalue weighted by molar-refractivity contribution is 7.89. The Morgan fingerprint density at radius 3 is 2.37 bits per heavy atom. The molecule has 0 aliphatic carbocycles. The highest BCUT2D eigenvalue weighted by atomic mass is 32.2. The number of nitrogens with one attached hydrogen (secondary N) is 1. The molecule has 0 aliphatic heterocycles. The highest BCUT2D eigenvalue weighted by Gasteiger charge is 2.18. The maximum atomic E-state index is 12.5. The van der Waals surface area contributed by atoms with E-state index in [0.717, 1.165) is 17.5 Å². The SMILES string of the molecule is CCc1ccc(S(=O)(=O)NCCN(C(C)=O)c2cc(C)ccc2OC)cc1. The van der Waals surface area contributed by atoms with E-state index in [4.69, 9.17) is 4.74 Å². The van der Waals surface area contributed by atoms with Crippen LogP contribution in [0, 0.1) is 6.92 Å². The van der Waals surface area contributed by atoms with Crippen LogP contribution in [0.2, 0.25) is 0 Å². The summed E-state index contributed by atoms with van der Waals surface area (Å²) < 4.78 is 32.8. The summed E-state index contributed by atoms with van der Waals surface area (Å²) in [7, 11) is -2.10. The van der Waals surface area contributed by atoms with Crippen LogP contribution in [-0.4, -0.2) is 34.5 Å². The Bertz CT molecular complexity index is 893. The minimum atomic E-state index is -3.63. The van der Waals surface area contributed by atoms with Gasteiger partial charge in [-0.05, 0) is 48.7 Å². The Morgan fingerprint density at radius 1 is 1.15 bits per heavy atom. The van der Waals surface area contributed by atoms with Crippen molar-refractivity contribution in [3.63, 3.8) is 0 Å². The van der Waals surface area contributed by atoms with Crippen LogP contribution >= 0.6 is 0 Å². The zero-order valence-corrected chi connectivity index (χ0v) is 17.0. The summed E-state index contributed by atoms with van der Waals surface area (Å²) in [5, 5.41) is 0. The molecule has 0 saturated heterocycles. The van der Waals surface area contributed by atoms with Gasteiger partial charge in [0.15, 0.2) is 0 Å². The molecule has 6 nitrogen and oxygen atoms in total. The van der Waals surface area contributed by atoms with Crippen molar-refractivity contribution in [1.82, 2.24) is 4.72 Å². The van der Waals surface area contributed by atoms with Gasteiger partial charge in [0, 0.05) is 20.0 Å². The smallest absolute Gasteiger partial charge is 0.240 e. The van der Waals surface area contributed by atoms with Crippen molar-refractivity contribution in [3.05, 3.63) is 53.6 Å². The molecule has 27 heavy (non-hydrogen) atoms. The Morgan fingerprint density at radius 2 is 1.81 bits per heavy atom. The molecular weight excluding hydrogens is 364 g/mol. The largest absolute Gasteiger partial charge is 0.495 e. The van der Waals surface area contributed by atoms with Gasteiger partial charge in [-0.2, -0.15) is 0 Å². The van der Waals surface area contributed by atoms with Gasteiger partial charge in [-0.25, -0.2) is 13.1 Å². The number of rotatable bonds is 8. The Hall–Kier alpha value is -2.38. The molecule has 1 amide bonds. The minimum Gasteiger partial charge on any atom is -0.495 e. The zero-order chi connectivity index (χ0) is 20.0. The van der Waals surface area contributed by atoms with Crippen molar-refractivity contribution in [2.75, 3.05) is 25.1 Å². The van der Waals surface area contributed by atoms with E-state index in [9.17, 15) is 13.2 Å². The second kappa shape index (κ2) is 9.01. The van der Waals surface area contributed by atoms with E-state index in [2.05, 4.69) is 4.72 Å². The summed E-state index contributed by atoms with van der Waals surface area (Å²) in [5.74, 6) is 0.374. The lowest BCUT2D eigenvalue weighted by Gasteiger charge is -2.24. The molecule has 0 radical (unpaired) electrons. The maximum Gasteiger partial charge on any atom is 0.240 e. The van der Waals surface area contributed by atoms with Gasteiger partial charge in [-0.3, -0.25) is 4.79 Å². The van der Waals surface area contributed by atoms with Gasteiger partial charge in [0.2, 0.25) is 15.9 Å². The third-order valence-corrected chi connectivity index (χ3v) is 5.75. The Balaban J connectivity index is 2.12. The average Bonchev–Trinajstić information content (AvgIpc) is 2.65. The molecule has 0 saturated carbocycles. The monoisotopic (exact) mass is 390 g/mol. The fourth-order valence-electron chi connectivity index (χ4n) is 2.74. The lowest BCUT2D eigenvalue weighted by Crippen LogP contribution is -2.37. The summed E-state index contributed by atoms with van der Waals surface area (Å²) in [6.07, 6.45) is 0.847. The molecule has 146 valence electrons. The standard InChI is InChI=1S/C20H26N2O4S/c1-5-17-7-9-18(10-8-17)27(24,25)21-12-13-22(16(3)23)19-14-15(2)6-11-20(19)26-4/h6-11,14,21H,5,12-13H2,1-4H3. The van der Waals surface area contributed by atoms with Crippen LogP contribution in [-0.2, 0) is 21.2 Å². The van der Waals surface area contributed by atoms with Gasteiger partial charge in [0.05, 0.1) is 17.7 Å². The fraction of sp³-hybridized carbons (Fsp3) is 0.350. The van der Waals surface area contributed by atoms with Crippen LogP contribution < -0.4 is 14.4 Å². The van der Waals surface area contributed by atoms with E-state index < -0.39 is 10.0 Å². The van der Waals surface area contributed by atoms with Gasteiger partial charge in [-0.1, -0.05) is 25.1 Å².